The van der Waals surface area contributed by atoms with E-state index in [-0.39, 0.29) is 18.3 Å². The fraction of sp³-hybridized carbons (Fsp3) is 0.208. The summed E-state index contributed by atoms with van der Waals surface area (Å²) in [6.07, 6.45) is 2.97. The van der Waals surface area contributed by atoms with Gasteiger partial charge in [0, 0.05) is 29.9 Å². The van der Waals surface area contributed by atoms with Gasteiger partial charge >= 0.3 is 5.97 Å². The minimum Gasteiger partial charge on any atom is -0.467 e. The Morgan fingerprint density at radius 1 is 1.03 bits per heavy atom. The van der Waals surface area contributed by atoms with E-state index in [1.165, 1.54) is 0 Å². The molecule has 1 saturated heterocycles. The van der Waals surface area contributed by atoms with Gasteiger partial charge in [-0.25, -0.2) is 4.79 Å². The number of furan rings is 1. The van der Waals surface area contributed by atoms with E-state index >= 15 is 0 Å². The molecule has 0 radical (unpaired) electrons. The van der Waals surface area contributed by atoms with Gasteiger partial charge in [0.05, 0.1) is 18.4 Å². The highest BCUT2D eigenvalue weighted by Crippen LogP contribution is 2.22. The molecule has 7 heteroatoms. The zero-order chi connectivity index (χ0) is 21.6. The molecule has 0 saturated carbocycles. The fourth-order valence-electron chi connectivity index (χ4n) is 3.45. The fourth-order valence-corrected chi connectivity index (χ4v) is 3.45. The summed E-state index contributed by atoms with van der Waals surface area (Å²) in [6.45, 7) is 0.743. The average Bonchev–Trinajstić information content (AvgIpc) is 3.48. The van der Waals surface area contributed by atoms with Crippen LogP contribution in [0.5, 0.6) is 0 Å². The molecule has 1 amide bonds. The Morgan fingerprint density at radius 3 is 2.55 bits per heavy atom. The third-order valence-electron chi connectivity index (χ3n) is 5.09. The van der Waals surface area contributed by atoms with E-state index in [1.807, 2.05) is 6.07 Å². The van der Waals surface area contributed by atoms with Crippen LogP contribution in [0.1, 0.15) is 39.3 Å². The predicted molar refractivity (Wildman–Crippen MR) is 115 cm³/mol. The van der Waals surface area contributed by atoms with Gasteiger partial charge in [-0.2, -0.15) is 0 Å². The molecule has 0 bridgehead atoms. The van der Waals surface area contributed by atoms with Crippen LogP contribution in [0, 0.1) is 0 Å². The Morgan fingerprint density at radius 2 is 1.84 bits per heavy atom. The monoisotopic (exact) mass is 418 g/mol. The van der Waals surface area contributed by atoms with Crippen LogP contribution in [-0.2, 0) is 16.1 Å². The molecule has 1 aliphatic rings. The van der Waals surface area contributed by atoms with Gasteiger partial charge in [0.2, 0.25) is 5.91 Å². The first-order chi connectivity index (χ1) is 15.1. The summed E-state index contributed by atoms with van der Waals surface area (Å²) < 4.78 is 10.5. The summed E-state index contributed by atoms with van der Waals surface area (Å²) >= 11 is 0. The summed E-state index contributed by atoms with van der Waals surface area (Å²) in [5.41, 5.74) is 2.13. The van der Waals surface area contributed by atoms with E-state index in [4.69, 9.17) is 9.15 Å². The lowest BCUT2D eigenvalue weighted by atomic mass is 10.1. The number of amides is 1. The van der Waals surface area contributed by atoms with Crippen molar-refractivity contribution in [2.45, 2.75) is 19.4 Å². The number of anilines is 2. The molecule has 0 atom stereocenters. The quantitative estimate of drug-likeness (QED) is 0.438. The summed E-state index contributed by atoms with van der Waals surface area (Å²) in [6, 6.07) is 17.3. The Kier molecular flexibility index (Phi) is 6.12. The van der Waals surface area contributed by atoms with E-state index in [0.29, 0.717) is 36.3 Å². The molecule has 0 spiro atoms. The van der Waals surface area contributed by atoms with Gasteiger partial charge in [-0.15, -0.1) is 0 Å². The van der Waals surface area contributed by atoms with Gasteiger partial charge in [-0.05, 0) is 55.0 Å². The van der Waals surface area contributed by atoms with E-state index in [1.54, 1.807) is 65.8 Å². The number of nitrogens with zero attached hydrogens (tertiary/aromatic N) is 1. The van der Waals surface area contributed by atoms with Crippen LogP contribution in [0.3, 0.4) is 0 Å². The molecule has 4 rings (SSSR count). The Hall–Kier alpha value is -3.87. The molecule has 158 valence electrons. The summed E-state index contributed by atoms with van der Waals surface area (Å²) in [5.74, 6) is -0.0754. The number of benzene rings is 2. The van der Waals surface area contributed by atoms with Crippen LogP contribution in [0.2, 0.25) is 0 Å². The second-order valence-electron chi connectivity index (χ2n) is 7.17. The maximum atomic E-state index is 12.5. The van der Waals surface area contributed by atoms with Gasteiger partial charge in [0.15, 0.2) is 12.4 Å². The lowest BCUT2D eigenvalue weighted by molar-refractivity contribution is -0.117. The smallest absolute Gasteiger partial charge is 0.340 e. The van der Waals surface area contributed by atoms with E-state index in [0.717, 1.165) is 17.9 Å². The lowest BCUT2D eigenvalue weighted by Gasteiger charge is -2.15. The standard InChI is InChI=1S/C24H22N2O5/c27-22(17-9-11-18(12-10-17)26-13-3-8-23(26)28)16-31-24(29)20-6-1-2-7-21(20)25-15-19-5-4-14-30-19/h1-2,4-7,9-12,14,25H,3,8,13,15-16H2. The molecule has 1 N–H and O–H groups in total. The van der Waals surface area contributed by atoms with Crippen LogP contribution in [0.4, 0.5) is 11.4 Å². The average molecular weight is 418 g/mol. The van der Waals surface area contributed by atoms with Crippen LogP contribution in [-0.4, -0.2) is 30.8 Å². The Bertz CT molecular complexity index is 1070. The number of para-hydroxylation sites is 1. The predicted octanol–water partition coefficient (Wildman–Crippen LogP) is 4.06. The van der Waals surface area contributed by atoms with Crippen molar-refractivity contribution in [2.75, 3.05) is 23.4 Å². The van der Waals surface area contributed by atoms with Crippen molar-refractivity contribution in [1.82, 2.24) is 0 Å². The maximum Gasteiger partial charge on any atom is 0.340 e. The Balaban J connectivity index is 1.35. The van der Waals surface area contributed by atoms with Gasteiger partial charge in [-0.3, -0.25) is 9.59 Å². The van der Waals surface area contributed by atoms with Gasteiger partial charge in [0.25, 0.3) is 0 Å². The molecular weight excluding hydrogens is 396 g/mol. The highest BCUT2D eigenvalue weighted by atomic mass is 16.5. The van der Waals surface area contributed by atoms with Crippen LogP contribution >= 0.6 is 0 Å². The van der Waals surface area contributed by atoms with Crippen molar-refractivity contribution in [3.63, 3.8) is 0 Å². The number of Topliss-reactive ketones (excluding diaryl/α,β-unsaturated/α-hetero) is 1. The van der Waals surface area contributed by atoms with Crippen molar-refractivity contribution >= 4 is 29.0 Å². The largest absolute Gasteiger partial charge is 0.467 e. The van der Waals surface area contributed by atoms with E-state index in [9.17, 15) is 14.4 Å². The van der Waals surface area contributed by atoms with Crippen LogP contribution in [0.25, 0.3) is 0 Å². The zero-order valence-electron chi connectivity index (χ0n) is 16.9. The summed E-state index contributed by atoms with van der Waals surface area (Å²) in [5, 5.41) is 3.14. The second kappa shape index (κ2) is 9.30. The van der Waals surface area contributed by atoms with Crippen LogP contribution in [0.15, 0.2) is 71.3 Å². The van der Waals surface area contributed by atoms with Crippen LogP contribution < -0.4 is 10.2 Å². The van der Waals surface area contributed by atoms with Crippen molar-refractivity contribution in [3.8, 4) is 0 Å². The van der Waals surface area contributed by atoms with Crippen molar-refractivity contribution in [2.24, 2.45) is 0 Å². The number of hydrogen-bond acceptors (Lipinski definition) is 6. The molecule has 0 unspecified atom stereocenters. The van der Waals surface area contributed by atoms with E-state index < -0.39 is 5.97 Å². The third-order valence-corrected chi connectivity index (χ3v) is 5.09. The second-order valence-corrected chi connectivity index (χ2v) is 7.17. The number of ketones is 1. The number of carbonyl (C=O) groups excluding carboxylic acids is 3. The molecule has 0 aliphatic carbocycles. The molecule has 2 aromatic carbocycles. The first kappa shape index (κ1) is 20.4. The number of nitrogens with one attached hydrogen (secondary N) is 1. The first-order valence-electron chi connectivity index (χ1n) is 10.1. The number of esters is 1. The van der Waals surface area contributed by atoms with E-state index in [2.05, 4.69) is 5.32 Å². The maximum absolute atomic E-state index is 12.5. The van der Waals surface area contributed by atoms with Crippen molar-refractivity contribution in [1.29, 1.82) is 0 Å². The number of rotatable bonds is 8. The normalized spacial score (nSPS) is 13.3. The topological polar surface area (TPSA) is 88.8 Å². The molecule has 7 nitrogen and oxygen atoms in total. The van der Waals surface area contributed by atoms with Crippen molar-refractivity contribution < 1.29 is 23.5 Å². The Labute approximate surface area is 179 Å². The minimum atomic E-state index is -0.588. The number of hydrogen-bond donors (Lipinski definition) is 1. The molecule has 2 heterocycles. The molecule has 1 fully saturated rings. The van der Waals surface area contributed by atoms with Gasteiger partial charge < -0.3 is 19.4 Å². The SMILES string of the molecule is O=C(COC(=O)c1ccccc1NCc1ccco1)c1ccc(N2CCCC2=O)cc1. The summed E-state index contributed by atoms with van der Waals surface area (Å²) in [7, 11) is 0. The molecule has 1 aromatic heterocycles. The molecule has 3 aromatic rings. The highest BCUT2D eigenvalue weighted by molar-refractivity contribution is 6.01. The third kappa shape index (κ3) is 4.83. The molecule has 1 aliphatic heterocycles. The zero-order valence-corrected chi connectivity index (χ0v) is 16.9. The highest BCUT2D eigenvalue weighted by Gasteiger charge is 2.22. The number of ether oxygens (including phenoxy) is 1. The minimum absolute atomic E-state index is 0.0901. The summed E-state index contributed by atoms with van der Waals surface area (Å²) in [4.78, 5) is 38.5. The molecular formula is C24H22N2O5. The van der Waals surface area contributed by atoms with Gasteiger partial charge in [-0.1, -0.05) is 12.1 Å². The lowest BCUT2D eigenvalue weighted by Crippen LogP contribution is -2.23. The molecule has 31 heavy (non-hydrogen) atoms. The number of carbonyl (C=O) groups is 3. The van der Waals surface area contributed by atoms with Gasteiger partial charge in [0.1, 0.15) is 5.76 Å². The van der Waals surface area contributed by atoms with Crippen molar-refractivity contribution in [3.05, 3.63) is 83.8 Å². The first-order valence-corrected chi connectivity index (χ1v) is 10.1.